The molecule has 0 bridgehead atoms. The van der Waals surface area contributed by atoms with Crippen LogP contribution in [0.1, 0.15) is 25.8 Å². The van der Waals surface area contributed by atoms with Crippen molar-refractivity contribution < 1.29 is 0 Å². The first-order valence-electron chi connectivity index (χ1n) is 5.43. The predicted molar refractivity (Wildman–Crippen MR) is 69.8 cm³/mol. The molecule has 1 rings (SSSR count). The Morgan fingerprint density at radius 2 is 2.07 bits per heavy atom. The lowest BCUT2D eigenvalue weighted by Gasteiger charge is -2.19. The summed E-state index contributed by atoms with van der Waals surface area (Å²) in [6.45, 7) is 7.65. The second kappa shape index (κ2) is 6.13. The van der Waals surface area contributed by atoms with Crippen molar-refractivity contribution in [2.45, 2.75) is 26.8 Å². The van der Waals surface area contributed by atoms with Crippen LogP contribution >= 0.6 is 15.9 Å². The Hall–Kier alpha value is -0.540. The standard InChI is InChI=1S/C12H19BrN2/c1-3-7-15(4-2)9-10-5-6-12(14)11(13)8-10/h5-6,8H,3-4,7,9,14H2,1-2H3. The van der Waals surface area contributed by atoms with E-state index in [4.69, 9.17) is 5.73 Å². The summed E-state index contributed by atoms with van der Waals surface area (Å²) in [5.74, 6) is 0. The fraction of sp³-hybridized carbons (Fsp3) is 0.500. The van der Waals surface area contributed by atoms with Gasteiger partial charge in [-0.05, 0) is 53.1 Å². The Morgan fingerprint density at radius 1 is 1.33 bits per heavy atom. The Kier molecular flexibility index (Phi) is 5.12. The molecule has 15 heavy (non-hydrogen) atoms. The van der Waals surface area contributed by atoms with Gasteiger partial charge in [-0.3, -0.25) is 4.90 Å². The summed E-state index contributed by atoms with van der Waals surface area (Å²) in [5.41, 5.74) is 7.86. The van der Waals surface area contributed by atoms with Gasteiger partial charge in [-0.15, -0.1) is 0 Å². The molecule has 0 aliphatic rings. The summed E-state index contributed by atoms with van der Waals surface area (Å²) in [5, 5.41) is 0. The Balaban J connectivity index is 2.66. The van der Waals surface area contributed by atoms with Crippen LogP contribution < -0.4 is 5.73 Å². The second-order valence-corrected chi connectivity index (χ2v) is 4.58. The van der Waals surface area contributed by atoms with Gasteiger partial charge >= 0.3 is 0 Å². The quantitative estimate of drug-likeness (QED) is 0.833. The average Bonchev–Trinajstić information content (AvgIpc) is 2.23. The minimum atomic E-state index is 0.803. The van der Waals surface area contributed by atoms with Gasteiger partial charge in [0.05, 0.1) is 0 Å². The SMILES string of the molecule is CCCN(CC)Cc1ccc(N)c(Br)c1. The molecule has 3 heteroatoms. The summed E-state index contributed by atoms with van der Waals surface area (Å²) in [4.78, 5) is 2.43. The van der Waals surface area contributed by atoms with E-state index >= 15 is 0 Å². The lowest BCUT2D eigenvalue weighted by molar-refractivity contribution is 0.280. The van der Waals surface area contributed by atoms with E-state index in [1.54, 1.807) is 0 Å². The zero-order valence-corrected chi connectivity index (χ0v) is 11.0. The van der Waals surface area contributed by atoms with Crippen molar-refractivity contribution in [2.24, 2.45) is 0 Å². The summed E-state index contributed by atoms with van der Waals surface area (Å²) in [6.07, 6.45) is 1.20. The molecule has 0 atom stereocenters. The lowest BCUT2D eigenvalue weighted by Crippen LogP contribution is -2.23. The minimum Gasteiger partial charge on any atom is -0.398 e. The first-order valence-corrected chi connectivity index (χ1v) is 6.23. The number of nitrogen functional groups attached to an aromatic ring is 1. The molecule has 0 amide bonds. The van der Waals surface area contributed by atoms with Gasteiger partial charge in [0.1, 0.15) is 0 Å². The molecule has 0 saturated carbocycles. The molecular weight excluding hydrogens is 252 g/mol. The minimum absolute atomic E-state index is 0.803. The molecule has 0 fully saturated rings. The Morgan fingerprint density at radius 3 is 2.60 bits per heavy atom. The van der Waals surface area contributed by atoms with Crippen molar-refractivity contribution in [3.05, 3.63) is 28.2 Å². The van der Waals surface area contributed by atoms with Crippen LogP contribution in [0.15, 0.2) is 22.7 Å². The highest BCUT2D eigenvalue weighted by atomic mass is 79.9. The highest BCUT2D eigenvalue weighted by molar-refractivity contribution is 9.10. The van der Waals surface area contributed by atoms with Crippen LogP contribution in [-0.4, -0.2) is 18.0 Å². The van der Waals surface area contributed by atoms with Gasteiger partial charge in [-0.2, -0.15) is 0 Å². The van der Waals surface area contributed by atoms with Crippen molar-refractivity contribution in [3.8, 4) is 0 Å². The van der Waals surface area contributed by atoms with Crippen molar-refractivity contribution in [1.29, 1.82) is 0 Å². The molecule has 84 valence electrons. The largest absolute Gasteiger partial charge is 0.398 e. The van der Waals surface area contributed by atoms with Crippen molar-refractivity contribution >= 4 is 21.6 Å². The van der Waals surface area contributed by atoms with E-state index < -0.39 is 0 Å². The first kappa shape index (κ1) is 12.5. The first-order chi connectivity index (χ1) is 7.17. The lowest BCUT2D eigenvalue weighted by atomic mass is 10.2. The van der Waals surface area contributed by atoms with Crippen LogP contribution in [0.4, 0.5) is 5.69 Å². The molecule has 1 aromatic rings. The number of rotatable bonds is 5. The molecule has 2 nitrogen and oxygen atoms in total. The van der Waals surface area contributed by atoms with Crippen molar-refractivity contribution in [1.82, 2.24) is 4.90 Å². The number of benzene rings is 1. The van der Waals surface area contributed by atoms with Crippen LogP contribution in [0.25, 0.3) is 0 Å². The summed E-state index contributed by atoms with van der Waals surface area (Å²) in [7, 11) is 0. The van der Waals surface area contributed by atoms with Gasteiger partial charge in [0.15, 0.2) is 0 Å². The molecule has 0 saturated heterocycles. The van der Waals surface area contributed by atoms with Gasteiger partial charge in [0, 0.05) is 16.7 Å². The number of hydrogen-bond acceptors (Lipinski definition) is 2. The summed E-state index contributed by atoms with van der Waals surface area (Å²) in [6, 6.07) is 6.16. The maximum Gasteiger partial charge on any atom is 0.0458 e. The van der Waals surface area contributed by atoms with Gasteiger partial charge in [-0.1, -0.05) is 19.9 Å². The van der Waals surface area contributed by atoms with Crippen LogP contribution in [0.2, 0.25) is 0 Å². The van der Waals surface area contributed by atoms with Crippen molar-refractivity contribution in [3.63, 3.8) is 0 Å². The smallest absolute Gasteiger partial charge is 0.0458 e. The number of anilines is 1. The van der Waals surface area contributed by atoms with E-state index in [-0.39, 0.29) is 0 Å². The Labute approximate surface area is 101 Å². The van der Waals surface area contributed by atoms with Crippen LogP contribution in [0.5, 0.6) is 0 Å². The van der Waals surface area contributed by atoms with Crippen LogP contribution in [0, 0.1) is 0 Å². The molecule has 0 aliphatic heterocycles. The zero-order chi connectivity index (χ0) is 11.3. The number of nitrogens with two attached hydrogens (primary N) is 1. The molecule has 1 aromatic carbocycles. The third kappa shape index (κ3) is 3.84. The predicted octanol–water partition coefficient (Wildman–Crippen LogP) is 3.26. The summed E-state index contributed by atoms with van der Waals surface area (Å²) < 4.78 is 0.993. The highest BCUT2D eigenvalue weighted by Crippen LogP contribution is 2.21. The Bertz CT molecular complexity index is 312. The fourth-order valence-corrected chi connectivity index (χ4v) is 2.02. The molecule has 2 N–H and O–H groups in total. The highest BCUT2D eigenvalue weighted by Gasteiger charge is 2.03. The van der Waals surface area contributed by atoms with E-state index in [0.717, 1.165) is 29.8 Å². The molecule has 0 aliphatic carbocycles. The number of hydrogen-bond donors (Lipinski definition) is 1. The van der Waals surface area contributed by atoms with Crippen LogP contribution in [-0.2, 0) is 6.54 Å². The van der Waals surface area contributed by atoms with Gasteiger partial charge in [0.2, 0.25) is 0 Å². The van der Waals surface area contributed by atoms with E-state index in [2.05, 4.69) is 46.8 Å². The van der Waals surface area contributed by atoms with Crippen molar-refractivity contribution in [2.75, 3.05) is 18.8 Å². The topological polar surface area (TPSA) is 29.3 Å². The van der Waals surface area contributed by atoms with E-state index in [1.165, 1.54) is 12.0 Å². The van der Waals surface area contributed by atoms with Gasteiger partial charge < -0.3 is 5.73 Å². The van der Waals surface area contributed by atoms with E-state index in [1.807, 2.05) is 6.07 Å². The molecule has 0 heterocycles. The maximum absolute atomic E-state index is 5.75. The third-order valence-electron chi connectivity index (χ3n) is 2.46. The summed E-state index contributed by atoms with van der Waals surface area (Å²) >= 11 is 3.45. The third-order valence-corrected chi connectivity index (χ3v) is 3.14. The maximum atomic E-state index is 5.75. The molecule has 0 spiro atoms. The van der Waals surface area contributed by atoms with E-state index in [0.29, 0.717) is 0 Å². The molecule has 0 aromatic heterocycles. The monoisotopic (exact) mass is 270 g/mol. The zero-order valence-electron chi connectivity index (χ0n) is 9.46. The number of nitrogens with zero attached hydrogens (tertiary/aromatic N) is 1. The average molecular weight is 271 g/mol. The molecule has 0 radical (unpaired) electrons. The normalized spacial score (nSPS) is 10.9. The van der Waals surface area contributed by atoms with Gasteiger partial charge in [0.25, 0.3) is 0 Å². The molecular formula is C12H19BrN2. The molecule has 0 unspecified atom stereocenters. The second-order valence-electron chi connectivity index (χ2n) is 3.72. The van der Waals surface area contributed by atoms with Gasteiger partial charge in [-0.25, -0.2) is 0 Å². The van der Waals surface area contributed by atoms with Crippen LogP contribution in [0.3, 0.4) is 0 Å². The number of halogens is 1. The van der Waals surface area contributed by atoms with E-state index in [9.17, 15) is 0 Å². The fourth-order valence-electron chi connectivity index (χ4n) is 1.59.